The highest BCUT2D eigenvalue weighted by Gasteiger charge is 2.26. The molecule has 1 heterocycles. The molecule has 3 nitrogen and oxygen atoms in total. The summed E-state index contributed by atoms with van der Waals surface area (Å²) in [6.07, 6.45) is 4.61. The fourth-order valence-electron chi connectivity index (χ4n) is 2.89. The summed E-state index contributed by atoms with van der Waals surface area (Å²) in [5.74, 6) is 0. The van der Waals surface area contributed by atoms with E-state index in [1.165, 1.54) is 24.8 Å². The summed E-state index contributed by atoms with van der Waals surface area (Å²) in [6.45, 7) is 6.47. The van der Waals surface area contributed by atoms with Crippen molar-refractivity contribution < 1.29 is 4.74 Å². The molecule has 110 valence electrons. The first-order chi connectivity index (χ1) is 9.79. The van der Waals surface area contributed by atoms with Crippen molar-refractivity contribution in [1.82, 2.24) is 10.2 Å². The molecule has 0 amide bonds. The van der Waals surface area contributed by atoms with E-state index in [-0.39, 0.29) is 0 Å². The van der Waals surface area contributed by atoms with Gasteiger partial charge in [-0.3, -0.25) is 4.90 Å². The van der Waals surface area contributed by atoms with Gasteiger partial charge >= 0.3 is 0 Å². The molecule has 1 aromatic carbocycles. The van der Waals surface area contributed by atoms with Crippen molar-refractivity contribution in [2.45, 2.75) is 51.0 Å². The van der Waals surface area contributed by atoms with Crippen LogP contribution in [0.15, 0.2) is 30.3 Å². The number of likely N-dealkylation sites (tertiary alicyclic amines) is 1. The molecule has 3 heteroatoms. The standard InChI is InChI=1S/C17H26N2O/c1-14(11-18-16-7-8-16)20-17-9-10-19(13-17)12-15-5-3-2-4-6-15/h2-6,14,16-18H,7-13H2,1H3. The van der Waals surface area contributed by atoms with Crippen LogP contribution in [0.2, 0.25) is 0 Å². The van der Waals surface area contributed by atoms with Gasteiger partial charge in [0.05, 0.1) is 12.2 Å². The van der Waals surface area contributed by atoms with Crippen LogP contribution in [0, 0.1) is 0 Å². The maximum absolute atomic E-state index is 6.15. The summed E-state index contributed by atoms with van der Waals surface area (Å²) in [7, 11) is 0. The average Bonchev–Trinajstić information content (AvgIpc) is 3.19. The van der Waals surface area contributed by atoms with E-state index in [4.69, 9.17) is 4.74 Å². The Bertz CT molecular complexity index is 405. The molecule has 1 aromatic rings. The molecule has 0 aromatic heterocycles. The molecule has 1 saturated heterocycles. The van der Waals surface area contributed by atoms with Gasteiger partial charge in [-0.2, -0.15) is 0 Å². The Morgan fingerprint density at radius 1 is 1.25 bits per heavy atom. The molecule has 0 spiro atoms. The van der Waals surface area contributed by atoms with Crippen molar-refractivity contribution in [2.24, 2.45) is 0 Å². The third kappa shape index (κ3) is 4.30. The second-order valence-electron chi connectivity index (χ2n) is 6.26. The van der Waals surface area contributed by atoms with Crippen molar-refractivity contribution in [3.63, 3.8) is 0 Å². The molecule has 2 aliphatic rings. The predicted octanol–water partition coefficient (Wildman–Crippen LogP) is 2.42. The number of ether oxygens (including phenoxy) is 1. The van der Waals surface area contributed by atoms with Gasteiger partial charge < -0.3 is 10.1 Å². The number of benzene rings is 1. The summed E-state index contributed by atoms with van der Waals surface area (Å²) >= 11 is 0. The molecular formula is C17H26N2O. The van der Waals surface area contributed by atoms with E-state index in [1.54, 1.807) is 0 Å². The molecule has 1 aliphatic carbocycles. The minimum Gasteiger partial charge on any atom is -0.373 e. The molecule has 0 radical (unpaired) electrons. The van der Waals surface area contributed by atoms with E-state index in [1.807, 2.05) is 0 Å². The zero-order valence-electron chi connectivity index (χ0n) is 12.4. The van der Waals surface area contributed by atoms with Gasteiger partial charge in [0.25, 0.3) is 0 Å². The Kier molecular flexibility index (Phi) is 4.71. The zero-order valence-corrected chi connectivity index (χ0v) is 12.4. The lowest BCUT2D eigenvalue weighted by Gasteiger charge is -2.20. The largest absolute Gasteiger partial charge is 0.373 e. The summed E-state index contributed by atoms with van der Waals surface area (Å²) in [4.78, 5) is 2.50. The molecule has 1 aliphatic heterocycles. The Morgan fingerprint density at radius 3 is 2.80 bits per heavy atom. The number of hydrogen-bond donors (Lipinski definition) is 1. The van der Waals surface area contributed by atoms with Crippen molar-refractivity contribution in [1.29, 1.82) is 0 Å². The Labute approximate surface area is 122 Å². The molecule has 20 heavy (non-hydrogen) atoms. The van der Waals surface area contributed by atoms with E-state index >= 15 is 0 Å². The maximum Gasteiger partial charge on any atom is 0.0718 e. The van der Waals surface area contributed by atoms with Gasteiger partial charge in [0, 0.05) is 32.2 Å². The van der Waals surface area contributed by atoms with Gasteiger partial charge in [0.2, 0.25) is 0 Å². The normalized spacial score (nSPS) is 24.9. The van der Waals surface area contributed by atoms with E-state index in [0.717, 1.165) is 32.2 Å². The van der Waals surface area contributed by atoms with Gasteiger partial charge in [0.1, 0.15) is 0 Å². The smallest absolute Gasteiger partial charge is 0.0718 e. The lowest BCUT2D eigenvalue weighted by atomic mass is 10.2. The van der Waals surface area contributed by atoms with Crippen LogP contribution in [0.25, 0.3) is 0 Å². The number of rotatable bonds is 7. The van der Waals surface area contributed by atoms with Crippen LogP contribution in [0.5, 0.6) is 0 Å². The van der Waals surface area contributed by atoms with Crippen molar-refractivity contribution in [3.8, 4) is 0 Å². The maximum atomic E-state index is 6.15. The van der Waals surface area contributed by atoms with Crippen molar-refractivity contribution in [2.75, 3.05) is 19.6 Å². The third-order valence-corrected chi connectivity index (χ3v) is 4.17. The van der Waals surface area contributed by atoms with Crippen LogP contribution >= 0.6 is 0 Å². The molecule has 2 atom stereocenters. The monoisotopic (exact) mass is 274 g/mol. The molecule has 2 fully saturated rings. The summed E-state index contributed by atoms with van der Waals surface area (Å²) < 4.78 is 6.15. The highest BCUT2D eigenvalue weighted by molar-refractivity contribution is 5.14. The summed E-state index contributed by atoms with van der Waals surface area (Å²) in [5.41, 5.74) is 1.40. The lowest BCUT2D eigenvalue weighted by molar-refractivity contribution is 0.00417. The first-order valence-electron chi connectivity index (χ1n) is 7.95. The quantitative estimate of drug-likeness (QED) is 0.826. The lowest BCUT2D eigenvalue weighted by Crippen LogP contribution is -2.32. The third-order valence-electron chi connectivity index (χ3n) is 4.17. The van der Waals surface area contributed by atoms with Gasteiger partial charge in [0.15, 0.2) is 0 Å². The Hall–Kier alpha value is -0.900. The zero-order chi connectivity index (χ0) is 13.8. The second-order valence-corrected chi connectivity index (χ2v) is 6.26. The van der Waals surface area contributed by atoms with Crippen molar-refractivity contribution in [3.05, 3.63) is 35.9 Å². The first kappa shape index (κ1) is 14.1. The van der Waals surface area contributed by atoms with Crippen LogP contribution in [0.1, 0.15) is 31.7 Å². The van der Waals surface area contributed by atoms with Gasteiger partial charge in [-0.25, -0.2) is 0 Å². The van der Waals surface area contributed by atoms with Crippen molar-refractivity contribution >= 4 is 0 Å². The molecule has 1 N–H and O–H groups in total. The molecule has 0 bridgehead atoms. The van der Waals surface area contributed by atoms with E-state index in [0.29, 0.717) is 12.2 Å². The van der Waals surface area contributed by atoms with Gasteiger partial charge in [-0.15, -0.1) is 0 Å². The highest BCUT2D eigenvalue weighted by atomic mass is 16.5. The minimum atomic E-state index is 0.331. The van der Waals surface area contributed by atoms with E-state index < -0.39 is 0 Å². The Morgan fingerprint density at radius 2 is 2.05 bits per heavy atom. The first-order valence-corrected chi connectivity index (χ1v) is 7.95. The second kappa shape index (κ2) is 6.70. The predicted molar refractivity (Wildman–Crippen MR) is 81.7 cm³/mol. The fraction of sp³-hybridized carbons (Fsp3) is 0.647. The summed E-state index contributed by atoms with van der Waals surface area (Å²) in [5, 5.41) is 3.54. The minimum absolute atomic E-state index is 0.331. The highest BCUT2D eigenvalue weighted by Crippen LogP contribution is 2.20. The van der Waals surface area contributed by atoms with E-state index in [2.05, 4.69) is 47.5 Å². The number of nitrogens with one attached hydrogen (secondary N) is 1. The van der Waals surface area contributed by atoms with Crippen LogP contribution < -0.4 is 5.32 Å². The van der Waals surface area contributed by atoms with Gasteiger partial charge in [-0.1, -0.05) is 30.3 Å². The molecule has 2 unspecified atom stereocenters. The topological polar surface area (TPSA) is 24.5 Å². The average molecular weight is 274 g/mol. The molecular weight excluding hydrogens is 248 g/mol. The SMILES string of the molecule is CC(CNC1CC1)OC1CCN(Cc2ccccc2)C1. The van der Waals surface area contributed by atoms with Gasteiger partial charge in [-0.05, 0) is 31.7 Å². The number of hydrogen-bond acceptors (Lipinski definition) is 3. The summed E-state index contributed by atoms with van der Waals surface area (Å²) in [6, 6.07) is 11.5. The van der Waals surface area contributed by atoms with E-state index in [9.17, 15) is 0 Å². The molecule has 3 rings (SSSR count). The number of nitrogens with zero attached hydrogens (tertiary/aromatic N) is 1. The fourth-order valence-corrected chi connectivity index (χ4v) is 2.89. The van der Waals surface area contributed by atoms with Crippen LogP contribution in [0.4, 0.5) is 0 Å². The van der Waals surface area contributed by atoms with Crippen LogP contribution in [0.3, 0.4) is 0 Å². The Balaban J connectivity index is 1.37. The molecule has 1 saturated carbocycles. The van der Waals surface area contributed by atoms with Crippen LogP contribution in [-0.4, -0.2) is 42.8 Å². The van der Waals surface area contributed by atoms with Crippen LogP contribution in [-0.2, 0) is 11.3 Å².